The van der Waals surface area contributed by atoms with Crippen molar-refractivity contribution in [3.8, 4) is 33.9 Å². The molecule has 0 aliphatic rings. The summed E-state index contributed by atoms with van der Waals surface area (Å²) in [7, 11) is 3.25. The van der Waals surface area contributed by atoms with E-state index in [1.54, 1.807) is 20.4 Å². The lowest BCUT2D eigenvalue weighted by atomic mass is 10.0. The van der Waals surface area contributed by atoms with Crippen LogP contribution in [0.25, 0.3) is 22.4 Å². The van der Waals surface area contributed by atoms with Crippen LogP contribution < -0.4 is 14.9 Å². The normalized spacial score (nSPS) is 10.9. The molecular formula is C24H21N3O2S. The summed E-state index contributed by atoms with van der Waals surface area (Å²) in [5.74, 6) is 1.43. The zero-order valence-corrected chi connectivity index (χ0v) is 17.5. The third kappa shape index (κ3) is 4.50. The number of aromatic nitrogens is 1. The summed E-state index contributed by atoms with van der Waals surface area (Å²) in [5, 5.41) is 7.03. The highest BCUT2D eigenvalue weighted by atomic mass is 32.1. The van der Waals surface area contributed by atoms with Crippen LogP contribution in [-0.2, 0) is 0 Å². The van der Waals surface area contributed by atoms with E-state index in [0.717, 1.165) is 27.7 Å². The van der Waals surface area contributed by atoms with Crippen molar-refractivity contribution in [2.24, 2.45) is 5.10 Å². The Balaban J connectivity index is 1.44. The van der Waals surface area contributed by atoms with Crippen molar-refractivity contribution in [1.29, 1.82) is 0 Å². The maximum Gasteiger partial charge on any atom is 0.203 e. The van der Waals surface area contributed by atoms with E-state index in [2.05, 4.69) is 51.9 Å². The highest BCUT2D eigenvalue weighted by Gasteiger charge is 2.06. The molecule has 0 unspecified atom stereocenters. The Morgan fingerprint density at radius 2 is 1.60 bits per heavy atom. The van der Waals surface area contributed by atoms with Crippen molar-refractivity contribution in [2.75, 3.05) is 19.6 Å². The predicted molar refractivity (Wildman–Crippen MR) is 124 cm³/mol. The molecule has 0 amide bonds. The van der Waals surface area contributed by atoms with Crippen LogP contribution in [0.15, 0.2) is 83.3 Å². The van der Waals surface area contributed by atoms with Crippen LogP contribution >= 0.6 is 11.3 Å². The molecule has 0 aliphatic carbocycles. The molecule has 6 heteroatoms. The molecule has 0 bridgehead atoms. The number of hydrogen-bond acceptors (Lipinski definition) is 6. The molecule has 3 aromatic carbocycles. The van der Waals surface area contributed by atoms with Crippen molar-refractivity contribution in [2.45, 2.75) is 0 Å². The molecule has 0 aliphatic heterocycles. The van der Waals surface area contributed by atoms with Crippen LogP contribution in [0.2, 0.25) is 0 Å². The molecule has 150 valence electrons. The molecule has 5 nitrogen and oxygen atoms in total. The average Bonchev–Trinajstić information content (AvgIpc) is 3.29. The number of hydrazone groups is 1. The Labute approximate surface area is 179 Å². The molecule has 0 spiro atoms. The molecule has 0 saturated carbocycles. The minimum absolute atomic E-state index is 0.693. The van der Waals surface area contributed by atoms with Gasteiger partial charge in [0.2, 0.25) is 5.13 Å². The first-order valence-corrected chi connectivity index (χ1v) is 10.3. The lowest BCUT2D eigenvalue weighted by Gasteiger charge is -2.06. The van der Waals surface area contributed by atoms with Gasteiger partial charge in [0, 0.05) is 22.6 Å². The number of ether oxygens (including phenoxy) is 2. The Kier molecular flexibility index (Phi) is 6.06. The van der Waals surface area contributed by atoms with Crippen LogP contribution in [0.4, 0.5) is 5.13 Å². The third-order valence-electron chi connectivity index (χ3n) is 4.60. The van der Waals surface area contributed by atoms with E-state index in [4.69, 9.17) is 9.47 Å². The van der Waals surface area contributed by atoms with E-state index >= 15 is 0 Å². The topological polar surface area (TPSA) is 55.7 Å². The Morgan fingerprint density at radius 3 is 2.33 bits per heavy atom. The number of nitrogens with zero attached hydrogens (tertiary/aromatic N) is 2. The van der Waals surface area contributed by atoms with Gasteiger partial charge in [-0.15, -0.1) is 11.3 Å². The fourth-order valence-electron chi connectivity index (χ4n) is 3.00. The minimum atomic E-state index is 0.693. The van der Waals surface area contributed by atoms with Gasteiger partial charge in [-0.05, 0) is 23.3 Å². The highest BCUT2D eigenvalue weighted by molar-refractivity contribution is 7.14. The molecule has 0 saturated heterocycles. The lowest BCUT2D eigenvalue weighted by Crippen LogP contribution is -1.95. The van der Waals surface area contributed by atoms with E-state index in [0.29, 0.717) is 5.75 Å². The Bertz CT molecular complexity index is 1140. The van der Waals surface area contributed by atoms with Crippen molar-refractivity contribution in [3.63, 3.8) is 0 Å². The number of methoxy groups -OCH3 is 2. The molecule has 30 heavy (non-hydrogen) atoms. The van der Waals surface area contributed by atoms with Crippen LogP contribution in [-0.4, -0.2) is 25.4 Å². The van der Waals surface area contributed by atoms with Gasteiger partial charge in [0.05, 0.1) is 26.1 Å². The minimum Gasteiger partial charge on any atom is -0.497 e. The third-order valence-corrected chi connectivity index (χ3v) is 5.34. The average molecular weight is 416 g/mol. The van der Waals surface area contributed by atoms with E-state index in [1.807, 2.05) is 41.8 Å². The molecule has 1 heterocycles. The van der Waals surface area contributed by atoms with E-state index < -0.39 is 0 Å². The van der Waals surface area contributed by atoms with Gasteiger partial charge in [0.1, 0.15) is 11.5 Å². The molecule has 1 aromatic heterocycles. The number of rotatable bonds is 7. The smallest absolute Gasteiger partial charge is 0.203 e. The van der Waals surface area contributed by atoms with Gasteiger partial charge in [-0.25, -0.2) is 4.98 Å². The quantitative estimate of drug-likeness (QED) is 0.300. The Morgan fingerprint density at radius 1 is 0.867 bits per heavy atom. The first-order valence-electron chi connectivity index (χ1n) is 9.39. The maximum absolute atomic E-state index is 5.38. The number of hydrogen-bond donors (Lipinski definition) is 1. The van der Waals surface area contributed by atoms with Crippen LogP contribution in [0.1, 0.15) is 5.56 Å². The number of benzene rings is 3. The molecule has 4 rings (SSSR count). The molecule has 0 radical (unpaired) electrons. The molecule has 0 fully saturated rings. The summed E-state index contributed by atoms with van der Waals surface area (Å²) in [5.41, 5.74) is 8.21. The maximum atomic E-state index is 5.38. The van der Waals surface area contributed by atoms with E-state index in [9.17, 15) is 0 Å². The summed E-state index contributed by atoms with van der Waals surface area (Å²) in [4.78, 5) is 4.63. The summed E-state index contributed by atoms with van der Waals surface area (Å²) in [6.45, 7) is 0. The van der Waals surface area contributed by atoms with Crippen molar-refractivity contribution < 1.29 is 9.47 Å². The van der Waals surface area contributed by atoms with Gasteiger partial charge < -0.3 is 9.47 Å². The molecule has 1 N–H and O–H groups in total. The van der Waals surface area contributed by atoms with Crippen molar-refractivity contribution in [3.05, 3.63) is 83.7 Å². The Hall–Kier alpha value is -3.64. The number of thiazole rings is 1. The number of nitrogens with one attached hydrogen (secondary N) is 1. The van der Waals surface area contributed by atoms with E-state index in [-0.39, 0.29) is 0 Å². The zero-order chi connectivity index (χ0) is 20.8. The predicted octanol–water partition coefficient (Wildman–Crippen LogP) is 5.94. The van der Waals surface area contributed by atoms with Gasteiger partial charge in [-0.2, -0.15) is 5.10 Å². The fourth-order valence-corrected chi connectivity index (χ4v) is 3.67. The van der Waals surface area contributed by atoms with Crippen molar-refractivity contribution in [1.82, 2.24) is 4.98 Å². The molecular weight excluding hydrogens is 394 g/mol. The van der Waals surface area contributed by atoms with Gasteiger partial charge in [-0.3, -0.25) is 5.43 Å². The second kappa shape index (κ2) is 9.24. The summed E-state index contributed by atoms with van der Waals surface area (Å²) < 4.78 is 10.6. The van der Waals surface area contributed by atoms with Crippen LogP contribution in [0, 0.1) is 0 Å². The van der Waals surface area contributed by atoms with E-state index in [1.165, 1.54) is 22.5 Å². The monoisotopic (exact) mass is 415 g/mol. The molecule has 4 aromatic rings. The highest BCUT2D eigenvalue weighted by Crippen LogP contribution is 2.28. The summed E-state index contributed by atoms with van der Waals surface area (Å²) >= 11 is 1.51. The van der Waals surface area contributed by atoms with Gasteiger partial charge >= 0.3 is 0 Å². The summed E-state index contributed by atoms with van der Waals surface area (Å²) in [6, 6.07) is 24.3. The van der Waals surface area contributed by atoms with Gasteiger partial charge in [0.25, 0.3) is 0 Å². The second-order valence-corrected chi connectivity index (χ2v) is 7.32. The first-order chi connectivity index (χ1) is 14.8. The summed E-state index contributed by atoms with van der Waals surface area (Å²) in [6.07, 6.45) is 1.70. The fraction of sp³-hybridized carbons (Fsp3) is 0.0833. The lowest BCUT2D eigenvalue weighted by molar-refractivity contribution is 0.394. The van der Waals surface area contributed by atoms with Crippen molar-refractivity contribution >= 4 is 22.7 Å². The SMILES string of the molecule is COc1ccc(/C=N\Nc2nc(-c3ccc(-c4ccccc4)cc3)cs2)c(OC)c1. The largest absolute Gasteiger partial charge is 0.497 e. The second-order valence-electron chi connectivity index (χ2n) is 6.46. The zero-order valence-electron chi connectivity index (χ0n) is 16.7. The van der Waals surface area contributed by atoms with Gasteiger partial charge in [0.15, 0.2) is 0 Å². The van der Waals surface area contributed by atoms with Crippen LogP contribution in [0.5, 0.6) is 11.5 Å². The van der Waals surface area contributed by atoms with Gasteiger partial charge in [-0.1, -0.05) is 54.6 Å². The number of anilines is 1. The standard InChI is InChI=1S/C24H21N3O2S/c1-28-21-13-12-20(23(14-21)29-2)15-25-27-24-26-22(16-30-24)19-10-8-18(9-11-19)17-6-4-3-5-7-17/h3-16H,1-2H3,(H,26,27)/b25-15-. The van der Waals surface area contributed by atoms with Crippen LogP contribution in [0.3, 0.4) is 0 Å². The first kappa shape index (κ1) is 19.7. The molecule has 0 atom stereocenters.